The third-order valence-electron chi connectivity index (χ3n) is 5.28. The van der Waals surface area contributed by atoms with Crippen LogP contribution in [-0.4, -0.2) is 59.0 Å². The van der Waals surface area contributed by atoms with E-state index in [2.05, 4.69) is 23.3 Å². The van der Waals surface area contributed by atoms with E-state index in [1.54, 1.807) is 12.1 Å². The highest BCUT2D eigenvalue weighted by atomic mass is 16.5. The number of rotatable bonds is 9. The summed E-state index contributed by atoms with van der Waals surface area (Å²) in [5.41, 5.74) is 2.31. The number of para-hydroxylation sites is 2. The molecule has 1 fully saturated rings. The molecule has 168 valence electrons. The molecule has 1 aliphatic heterocycles. The van der Waals surface area contributed by atoms with Crippen molar-refractivity contribution in [3.8, 4) is 17.2 Å². The van der Waals surface area contributed by atoms with Gasteiger partial charge >= 0.3 is 0 Å². The summed E-state index contributed by atoms with van der Waals surface area (Å²) in [4.78, 5) is 17.1. The Morgan fingerprint density at radius 2 is 1.55 bits per heavy atom. The fourth-order valence-corrected chi connectivity index (χ4v) is 3.70. The second-order valence-corrected chi connectivity index (χ2v) is 7.52. The van der Waals surface area contributed by atoms with E-state index in [1.807, 2.05) is 39.0 Å². The number of amides is 1. The highest BCUT2D eigenvalue weighted by Crippen LogP contribution is 2.39. The zero-order valence-corrected chi connectivity index (χ0v) is 19.0. The highest BCUT2D eigenvalue weighted by Gasteiger charge is 2.22. The average Bonchev–Trinajstić information content (AvgIpc) is 2.77. The topological polar surface area (TPSA) is 64.5 Å². The lowest BCUT2D eigenvalue weighted by Gasteiger charge is -2.33. The maximum absolute atomic E-state index is 13.2. The minimum atomic E-state index is -0.211. The van der Waals surface area contributed by atoms with Gasteiger partial charge in [-0.2, -0.15) is 0 Å². The van der Waals surface area contributed by atoms with Gasteiger partial charge in [-0.3, -0.25) is 4.79 Å². The number of anilines is 2. The molecule has 1 aliphatic rings. The molecule has 0 aliphatic carbocycles. The molecule has 0 atom stereocenters. The van der Waals surface area contributed by atoms with Crippen molar-refractivity contribution in [3.63, 3.8) is 0 Å². The van der Waals surface area contributed by atoms with Crippen molar-refractivity contribution in [1.82, 2.24) is 0 Å². The molecular weight excluding hydrogens is 394 g/mol. The lowest BCUT2D eigenvalue weighted by Crippen LogP contribution is -3.12. The Balaban J connectivity index is 1.88. The van der Waals surface area contributed by atoms with Crippen LogP contribution in [0.25, 0.3) is 0 Å². The fourth-order valence-electron chi connectivity index (χ4n) is 3.70. The van der Waals surface area contributed by atoms with E-state index in [9.17, 15) is 4.79 Å². The van der Waals surface area contributed by atoms with Crippen LogP contribution in [0.15, 0.2) is 36.4 Å². The largest absolute Gasteiger partial charge is 0.490 e. The Hall–Kier alpha value is -2.93. The van der Waals surface area contributed by atoms with E-state index in [0.717, 1.165) is 37.6 Å². The van der Waals surface area contributed by atoms with E-state index in [0.29, 0.717) is 42.6 Å². The molecule has 0 unspecified atom stereocenters. The smallest absolute Gasteiger partial charge is 0.255 e. The van der Waals surface area contributed by atoms with Crippen LogP contribution in [0.1, 0.15) is 31.1 Å². The number of quaternary nitrogens is 1. The molecule has 3 rings (SSSR count). The van der Waals surface area contributed by atoms with Gasteiger partial charge in [0.1, 0.15) is 0 Å². The van der Waals surface area contributed by atoms with Crippen LogP contribution in [0.5, 0.6) is 17.2 Å². The Morgan fingerprint density at radius 3 is 2.13 bits per heavy atom. The van der Waals surface area contributed by atoms with Crippen LogP contribution in [0.3, 0.4) is 0 Å². The number of piperazine rings is 1. The quantitative estimate of drug-likeness (QED) is 0.643. The highest BCUT2D eigenvalue weighted by molar-refractivity contribution is 6.06. The van der Waals surface area contributed by atoms with Crippen molar-refractivity contribution in [2.45, 2.75) is 20.8 Å². The fraction of sp³-hybridized carbons (Fsp3) is 0.458. The summed E-state index contributed by atoms with van der Waals surface area (Å²) < 4.78 is 17.2. The van der Waals surface area contributed by atoms with Gasteiger partial charge in [0.25, 0.3) is 5.91 Å². The van der Waals surface area contributed by atoms with Crippen LogP contribution in [-0.2, 0) is 0 Å². The Morgan fingerprint density at radius 1 is 0.968 bits per heavy atom. The number of likely N-dealkylation sites (N-methyl/N-ethyl adjacent to an activating group) is 1. The van der Waals surface area contributed by atoms with E-state index < -0.39 is 0 Å². The summed E-state index contributed by atoms with van der Waals surface area (Å²) in [7, 11) is 2.21. The van der Waals surface area contributed by atoms with Crippen LogP contribution in [0.4, 0.5) is 11.4 Å². The van der Waals surface area contributed by atoms with Gasteiger partial charge in [0.2, 0.25) is 5.75 Å². The molecule has 0 saturated carbocycles. The molecule has 7 nitrogen and oxygen atoms in total. The Kier molecular flexibility index (Phi) is 8.00. The minimum absolute atomic E-state index is 0.211. The minimum Gasteiger partial charge on any atom is -0.490 e. The van der Waals surface area contributed by atoms with E-state index in [4.69, 9.17) is 14.2 Å². The lowest BCUT2D eigenvalue weighted by atomic mass is 10.1. The molecule has 7 heteroatoms. The van der Waals surface area contributed by atoms with E-state index in [1.165, 1.54) is 4.90 Å². The van der Waals surface area contributed by atoms with E-state index >= 15 is 0 Å². The van der Waals surface area contributed by atoms with Gasteiger partial charge in [-0.25, -0.2) is 0 Å². The summed E-state index contributed by atoms with van der Waals surface area (Å²) in [5, 5.41) is 3.09. The first-order valence-electron chi connectivity index (χ1n) is 11.1. The van der Waals surface area contributed by atoms with Gasteiger partial charge in [-0.15, -0.1) is 0 Å². The molecule has 31 heavy (non-hydrogen) atoms. The van der Waals surface area contributed by atoms with Crippen molar-refractivity contribution >= 4 is 17.3 Å². The van der Waals surface area contributed by atoms with Gasteiger partial charge in [-0.1, -0.05) is 12.1 Å². The standard InChI is InChI=1S/C24H33N3O4/c1-5-29-21-16-18(17-22(30-6-2)23(21)31-7-3)24(28)25-19-10-8-9-11-20(19)27-14-12-26(4)13-15-27/h8-11,16-17H,5-7,12-15H2,1-4H3,(H,25,28)/p+1. The first-order chi connectivity index (χ1) is 15.1. The van der Waals surface area contributed by atoms with Crippen LogP contribution < -0.4 is 29.3 Å². The van der Waals surface area contributed by atoms with Gasteiger partial charge in [-0.05, 0) is 45.0 Å². The summed E-state index contributed by atoms with van der Waals surface area (Å²) in [6.45, 7) is 11.2. The van der Waals surface area contributed by atoms with Crippen LogP contribution in [0, 0.1) is 0 Å². The number of nitrogens with one attached hydrogen (secondary N) is 2. The van der Waals surface area contributed by atoms with Gasteiger partial charge in [0.05, 0.1) is 64.4 Å². The average molecular weight is 429 g/mol. The molecule has 2 N–H and O–H groups in total. The molecule has 2 aromatic rings. The molecule has 2 aromatic carbocycles. The number of ether oxygens (including phenoxy) is 3. The third kappa shape index (κ3) is 5.61. The first kappa shape index (κ1) is 22.7. The zero-order valence-electron chi connectivity index (χ0n) is 19.0. The van der Waals surface area contributed by atoms with Crippen LogP contribution in [0.2, 0.25) is 0 Å². The lowest BCUT2D eigenvalue weighted by molar-refractivity contribution is -0.880. The number of hydrogen-bond acceptors (Lipinski definition) is 5. The second-order valence-electron chi connectivity index (χ2n) is 7.52. The van der Waals surface area contributed by atoms with Gasteiger partial charge in [0, 0.05) is 5.56 Å². The molecule has 0 spiro atoms. The molecule has 0 bridgehead atoms. The summed E-state index contributed by atoms with van der Waals surface area (Å²) >= 11 is 0. The number of benzene rings is 2. The second kappa shape index (κ2) is 10.9. The Bertz CT molecular complexity index is 852. The first-order valence-corrected chi connectivity index (χ1v) is 11.1. The maximum atomic E-state index is 13.2. The zero-order chi connectivity index (χ0) is 22.2. The third-order valence-corrected chi connectivity index (χ3v) is 5.28. The molecule has 1 saturated heterocycles. The van der Waals surface area contributed by atoms with Crippen molar-refractivity contribution in [2.24, 2.45) is 0 Å². The number of carbonyl (C=O) groups excluding carboxylic acids is 1. The van der Waals surface area contributed by atoms with Crippen molar-refractivity contribution < 1.29 is 23.9 Å². The summed E-state index contributed by atoms with van der Waals surface area (Å²) in [6.07, 6.45) is 0. The maximum Gasteiger partial charge on any atom is 0.255 e. The Labute approximate surface area is 184 Å². The molecule has 1 amide bonds. The van der Waals surface area contributed by atoms with Crippen molar-refractivity contribution in [2.75, 3.05) is 63.3 Å². The number of nitrogens with zero attached hydrogens (tertiary/aromatic N) is 1. The summed E-state index contributed by atoms with van der Waals surface area (Å²) in [5.74, 6) is 1.34. The van der Waals surface area contributed by atoms with Gasteiger partial charge < -0.3 is 29.3 Å². The van der Waals surface area contributed by atoms with E-state index in [-0.39, 0.29) is 5.91 Å². The normalized spacial score (nSPS) is 14.3. The van der Waals surface area contributed by atoms with Gasteiger partial charge in [0.15, 0.2) is 11.5 Å². The number of carbonyl (C=O) groups is 1. The predicted octanol–water partition coefficient (Wildman–Crippen LogP) is 2.47. The van der Waals surface area contributed by atoms with Crippen LogP contribution >= 0.6 is 0 Å². The molecular formula is C24H34N3O4+. The summed E-state index contributed by atoms with van der Waals surface area (Å²) in [6, 6.07) is 11.4. The monoisotopic (exact) mass is 428 g/mol. The molecule has 1 heterocycles. The number of hydrogen-bond donors (Lipinski definition) is 2. The molecule has 0 radical (unpaired) electrons. The SMILES string of the molecule is CCOc1cc(C(=O)Nc2ccccc2N2CC[NH+](C)CC2)cc(OCC)c1OCC. The van der Waals surface area contributed by atoms with Crippen molar-refractivity contribution in [1.29, 1.82) is 0 Å². The predicted molar refractivity (Wildman–Crippen MR) is 123 cm³/mol. The molecule has 0 aromatic heterocycles. The van der Waals surface area contributed by atoms with Crippen molar-refractivity contribution in [3.05, 3.63) is 42.0 Å².